The Morgan fingerprint density at radius 3 is 2.72 bits per heavy atom. The summed E-state index contributed by atoms with van der Waals surface area (Å²) in [5, 5.41) is 4.12. The molecule has 0 saturated heterocycles. The standard InChI is InChI=1S/C12H14Cl2N4/c1-3-15-11-9(14)7-8(13)10(17-11)12-16-5-6-18(12)4-2/h5-7H,3-4H2,1-2H3,(H,15,17). The summed E-state index contributed by atoms with van der Waals surface area (Å²) in [5.74, 6) is 1.38. The number of pyridine rings is 1. The minimum atomic E-state index is 0.502. The van der Waals surface area contributed by atoms with E-state index in [0.717, 1.165) is 18.9 Å². The van der Waals surface area contributed by atoms with Gasteiger partial charge in [0, 0.05) is 25.5 Å². The molecule has 0 radical (unpaired) electrons. The average Bonchev–Trinajstić information content (AvgIpc) is 2.80. The van der Waals surface area contributed by atoms with E-state index in [2.05, 4.69) is 15.3 Å². The van der Waals surface area contributed by atoms with Crippen LogP contribution in [0.3, 0.4) is 0 Å². The van der Waals surface area contributed by atoms with E-state index < -0.39 is 0 Å². The summed E-state index contributed by atoms with van der Waals surface area (Å²) in [7, 11) is 0. The first-order valence-electron chi connectivity index (χ1n) is 5.78. The first-order chi connectivity index (χ1) is 8.67. The van der Waals surface area contributed by atoms with Gasteiger partial charge in [0.25, 0.3) is 0 Å². The Hall–Kier alpha value is -1.26. The number of hydrogen-bond donors (Lipinski definition) is 1. The molecule has 0 aromatic carbocycles. The molecule has 4 nitrogen and oxygen atoms in total. The van der Waals surface area contributed by atoms with Gasteiger partial charge in [0.2, 0.25) is 0 Å². The first-order valence-corrected chi connectivity index (χ1v) is 6.54. The molecule has 0 saturated carbocycles. The van der Waals surface area contributed by atoms with E-state index in [1.165, 1.54) is 0 Å². The summed E-state index contributed by atoms with van der Waals surface area (Å²) in [4.78, 5) is 8.75. The SMILES string of the molecule is CCNc1nc(-c2nccn2CC)c(Cl)cc1Cl. The van der Waals surface area contributed by atoms with Crippen LogP contribution < -0.4 is 5.32 Å². The highest BCUT2D eigenvalue weighted by Crippen LogP contribution is 2.31. The average molecular weight is 285 g/mol. The maximum Gasteiger partial charge on any atom is 0.160 e. The van der Waals surface area contributed by atoms with E-state index in [9.17, 15) is 0 Å². The van der Waals surface area contributed by atoms with Gasteiger partial charge < -0.3 is 9.88 Å². The van der Waals surface area contributed by atoms with Gasteiger partial charge in [-0.25, -0.2) is 9.97 Å². The Bertz CT molecular complexity index is 551. The smallest absolute Gasteiger partial charge is 0.160 e. The minimum absolute atomic E-state index is 0.502. The van der Waals surface area contributed by atoms with Gasteiger partial charge in [0.1, 0.15) is 11.5 Å². The van der Waals surface area contributed by atoms with E-state index in [-0.39, 0.29) is 0 Å². The lowest BCUT2D eigenvalue weighted by Gasteiger charge is -2.10. The topological polar surface area (TPSA) is 42.7 Å². The number of rotatable bonds is 4. The number of hydrogen-bond acceptors (Lipinski definition) is 3. The molecule has 96 valence electrons. The fourth-order valence-corrected chi connectivity index (χ4v) is 2.21. The van der Waals surface area contributed by atoms with Crippen molar-refractivity contribution in [1.29, 1.82) is 0 Å². The molecule has 0 aliphatic rings. The molecule has 1 N–H and O–H groups in total. The summed E-state index contributed by atoms with van der Waals surface area (Å²) in [6, 6.07) is 1.69. The molecule has 18 heavy (non-hydrogen) atoms. The lowest BCUT2D eigenvalue weighted by molar-refractivity contribution is 0.768. The van der Waals surface area contributed by atoms with Crippen LogP contribution in [0.1, 0.15) is 13.8 Å². The van der Waals surface area contributed by atoms with Gasteiger partial charge >= 0.3 is 0 Å². The lowest BCUT2D eigenvalue weighted by Crippen LogP contribution is -2.04. The van der Waals surface area contributed by atoms with Crippen LogP contribution in [0, 0.1) is 0 Å². The Morgan fingerprint density at radius 2 is 2.06 bits per heavy atom. The molecular formula is C12H14Cl2N4. The quantitative estimate of drug-likeness (QED) is 0.931. The first kappa shape index (κ1) is 13.2. The molecule has 0 spiro atoms. The van der Waals surface area contributed by atoms with Crippen molar-refractivity contribution in [3.8, 4) is 11.5 Å². The predicted molar refractivity (Wildman–Crippen MR) is 75.3 cm³/mol. The second-order valence-corrected chi connectivity index (χ2v) is 4.53. The molecule has 6 heteroatoms. The normalized spacial score (nSPS) is 10.7. The van der Waals surface area contributed by atoms with Gasteiger partial charge in [-0.3, -0.25) is 0 Å². The van der Waals surface area contributed by atoms with Gasteiger partial charge in [0.15, 0.2) is 5.82 Å². The number of nitrogens with one attached hydrogen (secondary N) is 1. The lowest BCUT2D eigenvalue weighted by atomic mass is 10.3. The van der Waals surface area contributed by atoms with Crippen molar-refractivity contribution >= 4 is 29.0 Å². The Balaban J connectivity index is 2.53. The van der Waals surface area contributed by atoms with Crippen molar-refractivity contribution in [1.82, 2.24) is 14.5 Å². The third kappa shape index (κ3) is 2.44. The van der Waals surface area contributed by atoms with E-state index in [1.807, 2.05) is 24.6 Å². The summed E-state index contributed by atoms with van der Waals surface area (Å²) >= 11 is 12.3. The van der Waals surface area contributed by atoms with Crippen LogP contribution in [0.25, 0.3) is 11.5 Å². The number of halogens is 2. The molecule has 2 heterocycles. The molecule has 2 aromatic heterocycles. The number of imidazole rings is 1. The molecular weight excluding hydrogens is 271 g/mol. The van der Waals surface area contributed by atoms with Gasteiger partial charge in [0.05, 0.1) is 10.0 Å². The van der Waals surface area contributed by atoms with Gasteiger partial charge in [-0.2, -0.15) is 0 Å². The second kappa shape index (κ2) is 5.59. The molecule has 0 aliphatic carbocycles. The maximum absolute atomic E-state index is 6.19. The zero-order valence-corrected chi connectivity index (χ0v) is 11.8. The van der Waals surface area contributed by atoms with Crippen LogP contribution in [0.4, 0.5) is 5.82 Å². The van der Waals surface area contributed by atoms with E-state index in [4.69, 9.17) is 23.2 Å². The summed E-state index contributed by atoms with van der Waals surface area (Å²) in [6.07, 6.45) is 3.63. The summed E-state index contributed by atoms with van der Waals surface area (Å²) in [6.45, 7) is 5.59. The highest BCUT2D eigenvalue weighted by atomic mass is 35.5. The van der Waals surface area contributed by atoms with E-state index in [1.54, 1.807) is 12.3 Å². The molecule has 0 fully saturated rings. The van der Waals surface area contributed by atoms with Crippen molar-refractivity contribution in [3.63, 3.8) is 0 Å². The van der Waals surface area contributed by atoms with Crippen LogP contribution in [-0.4, -0.2) is 21.1 Å². The van der Waals surface area contributed by atoms with Gasteiger partial charge in [-0.05, 0) is 19.9 Å². The number of aryl methyl sites for hydroxylation is 1. The number of aromatic nitrogens is 3. The molecule has 0 amide bonds. The Morgan fingerprint density at radius 1 is 1.28 bits per heavy atom. The van der Waals surface area contributed by atoms with Crippen molar-refractivity contribution in [3.05, 3.63) is 28.5 Å². The summed E-state index contributed by atoms with van der Waals surface area (Å²) < 4.78 is 1.98. The van der Waals surface area contributed by atoms with Crippen molar-refractivity contribution in [2.24, 2.45) is 0 Å². The highest BCUT2D eigenvalue weighted by Gasteiger charge is 2.14. The van der Waals surface area contributed by atoms with Crippen LogP contribution >= 0.6 is 23.2 Å². The predicted octanol–water partition coefficient (Wildman–Crippen LogP) is 3.70. The molecule has 0 bridgehead atoms. The number of anilines is 1. The van der Waals surface area contributed by atoms with Gasteiger partial charge in [-0.1, -0.05) is 23.2 Å². The Labute approximate surface area is 116 Å². The fourth-order valence-electron chi connectivity index (χ4n) is 1.70. The second-order valence-electron chi connectivity index (χ2n) is 3.72. The monoisotopic (exact) mass is 284 g/mol. The molecule has 0 atom stereocenters. The minimum Gasteiger partial charge on any atom is -0.369 e. The molecule has 2 aromatic rings. The van der Waals surface area contributed by atoms with Crippen molar-refractivity contribution in [2.45, 2.75) is 20.4 Å². The maximum atomic E-state index is 6.19. The van der Waals surface area contributed by atoms with Crippen LogP contribution in [0.2, 0.25) is 10.0 Å². The van der Waals surface area contributed by atoms with Crippen molar-refractivity contribution < 1.29 is 0 Å². The van der Waals surface area contributed by atoms with Crippen LogP contribution in [-0.2, 0) is 6.54 Å². The van der Waals surface area contributed by atoms with Crippen molar-refractivity contribution in [2.75, 3.05) is 11.9 Å². The summed E-state index contributed by atoms with van der Waals surface area (Å²) in [5.41, 5.74) is 0.642. The van der Waals surface area contributed by atoms with Crippen LogP contribution in [0.15, 0.2) is 18.5 Å². The van der Waals surface area contributed by atoms with E-state index in [0.29, 0.717) is 21.6 Å². The zero-order chi connectivity index (χ0) is 13.1. The number of nitrogens with zero attached hydrogens (tertiary/aromatic N) is 3. The molecule has 0 unspecified atom stereocenters. The van der Waals surface area contributed by atoms with Crippen LogP contribution in [0.5, 0.6) is 0 Å². The highest BCUT2D eigenvalue weighted by molar-refractivity contribution is 6.37. The molecule has 0 aliphatic heterocycles. The van der Waals surface area contributed by atoms with E-state index >= 15 is 0 Å². The molecule has 2 rings (SSSR count). The third-order valence-corrected chi connectivity index (χ3v) is 3.12. The van der Waals surface area contributed by atoms with Gasteiger partial charge in [-0.15, -0.1) is 0 Å². The zero-order valence-electron chi connectivity index (χ0n) is 10.2. The third-order valence-electron chi connectivity index (χ3n) is 2.54. The largest absolute Gasteiger partial charge is 0.369 e. The fraction of sp³-hybridized carbons (Fsp3) is 0.333. The Kier molecular flexibility index (Phi) is 4.09.